The Bertz CT molecular complexity index is 340. The fourth-order valence-electron chi connectivity index (χ4n) is 2.18. The Morgan fingerprint density at radius 3 is 3.00 bits per heavy atom. The van der Waals surface area contributed by atoms with Gasteiger partial charge in [0, 0.05) is 38.4 Å². The SMILES string of the molecule is CC1CN(Cc2cnn(C)c2)CC(CO)O1. The highest BCUT2D eigenvalue weighted by Crippen LogP contribution is 2.13. The molecular weight excluding hydrogens is 206 g/mol. The molecule has 1 aliphatic rings. The molecule has 1 aromatic rings. The molecule has 0 aliphatic carbocycles. The first-order chi connectivity index (χ1) is 7.67. The second kappa shape index (κ2) is 4.95. The van der Waals surface area contributed by atoms with Crippen molar-refractivity contribution in [2.75, 3.05) is 19.7 Å². The fraction of sp³-hybridized carbons (Fsp3) is 0.727. The highest BCUT2D eigenvalue weighted by molar-refractivity contribution is 5.03. The zero-order valence-corrected chi connectivity index (χ0v) is 9.83. The van der Waals surface area contributed by atoms with Crippen LogP contribution < -0.4 is 0 Å². The van der Waals surface area contributed by atoms with Crippen LogP contribution in [-0.4, -0.2) is 51.7 Å². The first-order valence-electron chi connectivity index (χ1n) is 5.63. The molecule has 1 aliphatic heterocycles. The summed E-state index contributed by atoms with van der Waals surface area (Å²) >= 11 is 0. The third-order valence-electron chi connectivity index (χ3n) is 2.77. The maximum atomic E-state index is 9.13. The molecule has 16 heavy (non-hydrogen) atoms. The molecule has 2 heterocycles. The van der Waals surface area contributed by atoms with E-state index in [-0.39, 0.29) is 18.8 Å². The molecule has 5 heteroatoms. The molecule has 2 rings (SSSR count). The molecule has 1 N–H and O–H groups in total. The standard InChI is InChI=1S/C11H19N3O2/c1-9-4-14(7-11(8-15)16-9)6-10-3-12-13(2)5-10/h3,5,9,11,15H,4,6-8H2,1-2H3. The lowest BCUT2D eigenvalue weighted by molar-refractivity contribution is -0.0972. The smallest absolute Gasteiger partial charge is 0.0936 e. The second-order valence-corrected chi connectivity index (χ2v) is 4.47. The fourth-order valence-corrected chi connectivity index (χ4v) is 2.18. The van der Waals surface area contributed by atoms with E-state index in [0.29, 0.717) is 0 Å². The van der Waals surface area contributed by atoms with E-state index in [4.69, 9.17) is 9.84 Å². The molecule has 0 saturated carbocycles. The predicted molar refractivity (Wildman–Crippen MR) is 59.9 cm³/mol. The molecule has 0 amide bonds. The average Bonchev–Trinajstić information content (AvgIpc) is 2.63. The van der Waals surface area contributed by atoms with Crippen LogP contribution in [0.5, 0.6) is 0 Å². The molecular formula is C11H19N3O2. The zero-order chi connectivity index (χ0) is 11.5. The number of hydrogen-bond acceptors (Lipinski definition) is 4. The monoisotopic (exact) mass is 225 g/mol. The van der Waals surface area contributed by atoms with Gasteiger partial charge in [0.1, 0.15) is 0 Å². The molecule has 0 bridgehead atoms. The van der Waals surface area contributed by atoms with Crippen molar-refractivity contribution in [3.8, 4) is 0 Å². The minimum Gasteiger partial charge on any atom is -0.394 e. The number of morpholine rings is 1. The lowest BCUT2D eigenvalue weighted by atomic mass is 10.2. The van der Waals surface area contributed by atoms with E-state index in [9.17, 15) is 0 Å². The quantitative estimate of drug-likeness (QED) is 0.787. The number of hydrogen-bond donors (Lipinski definition) is 1. The van der Waals surface area contributed by atoms with Crippen LogP contribution in [0.15, 0.2) is 12.4 Å². The summed E-state index contributed by atoms with van der Waals surface area (Å²) in [6, 6.07) is 0. The van der Waals surface area contributed by atoms with Gasteiger partial charge in [-0.3, -0.25) is 9.58 Å². The lowest BCUT2D eigenvalue weighted by Gasteiger charge is -2.35. The number of nitrogens with zero attached hydrogens (tertiary/aromatic N) is 3. The van der Waals surface area contributed by atoms with Crippen LogP contribution in [0.1, 0.15) is 12.5 Å². The van der Waals surface area contributed by atoms with Gasteiger partial charge < -0.3 is 9.84 Å². The minimum absolute atomic E-state index is 0.0552. The summed E-state index contributed by atoms with van der Waals surface area (Å²) in [5.41, 5.74) is 1.20. The molecule has 5 nitrogen and oxygen atoms in total. The first kappa shape index (κ1) is 11.6. The number of aliphatic hydroxyl groups is 1. The number of ether oxygens (including phenoxy) is 1. The Morgan fingerprint density at radius 2 is 2.38 bits per heavy atom. The Kier molecular flexibility index (Phi) is 3.58. The van der Waals surface area contributed by atoms with Gasteiger partial charge in [0.25, 0.3) is 0 Å². The third kappa shape index (κ3) is 2.81. The van der Waals surface area contributed by atoms with Crippen LogP contribution in [0.25, 0.3) is 0 Å². The Hall–Kier alpha value is -0.910. The summed E-state index contributed by atoms with van der Waals surface area (Å²) in [5, 5.41) is 13.3. The molecule has 0 radical (unpaired) electrons. The zero-order valence-electron chi connectivity index (χ0n) is 9.83. The summed E-state index contributed by atoms with van der Waals surface area (Å²) in [7, 11) is 1.92. The number of aliphatic hydroxyl groups excluding tert-OH is 1. The topological polar surface area (TPSA) is 50.5 Å². The van der Waals surface area contributed by atoms with Gasteiger partial charge in [0.05, 0.1) is 25.0 Å². The van der Waals surface area contributed by atoms with Crippen LogP contribution in [0, 0.1) is 0 Å². The molecule has 1 saturated heterocycles. The number of aryl methyl sites for hydroxylation is 1. The van der Waals surface area contributed by atoms with Crippen LogP contribution in [0.3, 0.4) is 0 Å². The van der Waals surface area contributed by atoms with Gasteiger partial charge in [-0.1, -0.05) is 0 Å². The van der Waals surface area contributed by atoms with Gasteiger partial charge in [-0.25, -0.2) is 0 Å². The van der Waals surface area contributed by atoms with Gasteiger partial charge >= 0.3 is 0 Å². The van der Waals surface area contributed by atoms with E-state index >= 15 is 0 Å². The summed E-state index contributed by atoms with van der Waals surface area (Å²) in [6.45, 7) is 4.70. The third-order valence-corrected chi connectivity index (χ3v) is 2.77. The molecule has 90 valence electrons. The normalized spacial score (nSPS) is 27.2. The summed E-state index contributed by atoms with van der Waals surface area (Å²) in [4.78, 5) is 2.30. The van der Waals surface area contributed by atoms with Gasteiger partial charge in [0.15, 0.2) is 0 Å². The minimum atomic E-state index is -0.0552. The van der Waals surface area contributed by atoms with Gasteiger partial charge in [-0.15, -0.1) is 0 Å². The lowest BCUT2D eigenvalue weighted by Crippen LogP contribution is -2.47. The van der Waals surface area contributed by atoms with Gasteiger partial charge in [-0.05, 0) is 6.92 Å². The Balaban J connectivity index is 1.93. The van der Waals surface area contributed by atoms with Crippen molar-refractivity contribution in [3.63, 3.8) is 0 Å². The van der Waals surface area contributed by atoms with E-state index in [1.165, 1.54) is 5.56 Å². The summed E-state index contributed by atoms with van der Waals surface area (Å²) in [5.74, 6) is 0. The van der Waals surface area contributed by atoms with Gasteiger partial charge in [-0.2, -0.15) is 5.10 Å². The van der Waals surface area contributed by atoms with Crippen molar-refractivity contribution >= 4 is 0 Å². The van der Waals surface area contributed by atoms with Crippen molar-refractivity contribution in [2.24, 2.45) is 7.05 Å². The Labute approximate surface area is 95.6 Å². The van der Waals surface area contributed by atoms with Crippen molar-refractivity contribution in [1.82, 2.24) is 14.7 Å². The number of rotatable bonds is 3. The van der Waals surface area contributed by atoms with E-state index in [2.05, 4.69) is 10.00 Å². The van der Waals surface area contributed by atoms with Crippen molar-refractivity contribution in [2.45, 2.75) is 25.7 Å². The molecule has 1 aromatic heterocycles. The van der Waals surface area contributed by atoms with E-state index in [1.807, 2.05) is 31.0 Å². The Morgan fingerprint density at radius 1 is 1.56 bits per heavy atom. The maximum Gasteiger partial charge on any atom is 0.0936 e. The van der Waals surface area contributed by atoms with Crippen molar-refractivity contribution < 1.29 is 9.84 Å². The molecule has 0 spiro atoms. The largest absolute Gasteiger partial charge is 0.394 e. The maximum absolute atomic E-state index is 9.13. The van der Waals surface area contributed by atoms with Crippen LogP contribution in [0.4, 0.5) is 0 Å². The average molecular weight is 225 g/mol. The number of aromatic nitrogens is 2. The molecule has 0 aromatic carbocycles. The van der Waals surface area contributed by atoms with Crippen molar-refractivity contribution in [3.05, 3.63) is 18.0 Å². The molecule has 2 atom stereocenters. The molecule has 1 fully saturated rings. The highest BCUT2D eigenvalue weighted by Gasteiger charge is 2.24. The van der Waals surface area contributed by atoms with Crippen LogP contribution in [0.2, 0.25) is 0 Å². The van der Waals surface area contributed by atoms with E-state index < -0.39 is 0 Å². The predicted octanol–water partition coefficient (Wildman–Crippen LogP) is 0.00170. The van der Waals surface area contributed by atoms with E-state index in [1.54, 1.807) is 0 Å². The highest BCUT2D eigenvalue weighted by atomic mass is 16.5. The van der Waals surface area contributed by atoms with Crippen LogP contribution >= 0.6 is 0 Å². The second-order valence-electron chi connectivity index (χ2n) is 4.47. The first-order valence-corrected chi connectivity index (χ1v) is 5.63. The van der Waals surface area contributed by atoms with Gasteiger partial charge in [0.2, 0.25) is 0 Å². The summed E-state index contributed by atoms with van der Waals surface area (Å²) in [6.07, 6.45) is 4.03. The summed E-state index contributed by atoms with van der Waals surface area (Å²) < 4.78 is 7.40. The van der Waals surface area contributed by atoms with Crippen molar-refractivity contribution in [1.29, 1.82) is 0 Å². The molecule has 2 unspecified atom stereocenters. The van der Waals surface area contributed by atoms with E-state index in [0.717, 1.165) is 19.6 Å². The van der Waals surface area contributed by atoms with Crippen LogP contribution in [-0.2, 0) is 18.3 Å².